The molecule has 2 heteroatoms. The summed E-state index contributed by atoms with van der Waals surface area (Å²) >= 11 is 0. The van der Waals surface area contributed by atoms with Gasteiger partial charge in [-0.3, -0.25) is 6.42 Å². The van der Waals surface area contributed by atoms with E-state index < -0.39 is 0 Å². The van der Waals surface area contributed by atoms with Crippen molar-refractivity contribution in [3.8, 4) is 0 Å². The fraction of sp³-hybridized carbons (Fsp3) is 0.667. The van der Waals surface area contributed by atoms with Crippen LogP contribution >= 0.6 is 0 Å². The number of hydrogen-bond donors (Lipinski definition) is 1. The van der Waals surface area contributed by atoms with Gasteiger partial charge in [-0.25, -0.2) is 0 Å². The molecule has 1 radical (unpaired) electrons. The summed E-state index contributed by atoms with van der Waals surface area (Å²) in [5.74, 6) is 0. The SMILES string of the molecule is [CH2-]CCC1[CH-]CN1.[Y]. The molecule has 0 aliphatic carbocycles. The minimum absolute atomic E-state index is 0. The van der Waals surface area contributed by atoms with Gasteiger partial charge in [-0.15, -0.1) is 12.6 Å². The zero-order chi connectivity index (χ0) is 5.11. The van der Waals surface area contributed by atoms with E-state index in [1.165, 1.54) is 6.42 Å². The number of hydrogen-bond acceptors (Lipinski definition) is 1. The average Bonchev–Trinajstić information content (AvgIpc) is 1.55. The van der Waals surface area contributed by atoms with Crippen LogP contribution in [0.2, 0.25) is 0 Å². The molecule has 0 spiro atoms. The van der Waals surface area contributed by atoms with E-state index in [1.807, 2.05) is 0 Å². The molecule has 0 aromatic carbocycles. The molecule has 1 nitrogen and oxygen atoms in total. The van der Waals surface area contributed by atoms with Crippen molar-refractivity contribution >= 4 is 0 Å². The molecule has 8 heavy (non-hydrogen) atoms. The van der Waals surface area contributed by atoms with E-state index in [-0.39, 0.29) is 32.7 Å². The Morgan fingerprint density at radius 1 is 1.75 bits per heavy atom. The summed E-state index contributed by atoms with van der Waals surface area (Å²) < 4.78 is 0. The standard InChI is InChI=1S/C6H11N.Y/c1-2-3-6-4-5-7-6;/h4,6-7H,1-3,5H2;/q-2;. The maximum Gasteiger partial charge on any atom is 0 e. The van der Waals surface area contributed by atoms with Crippen LogP contribution in [0.25, 0.3) is 0 Å². The second kappa shape index (κ2) is 4.90. The molecule has 0 amide bonds. The monoisotopic (exact) mass is 186 g/mol. The van der Waals surface area contributed by atoms with Crippen molar-refractivity contribution in [1.82, 2.24) is 5.32 Å². The molecule has 1 atom stereocenters. The minimum Gasteiger partial charge on any atom is -0.373 e. The molecule has 1 heterocycles. The summed E-state index contributed by atoms with van der Waals surface area (Å²) in [6, 6.07) is 0.692. The first-order valence-corrected chi connectivity index (χ1v) is 2.79. The van der Waals surface area contributed by atoms with Gasteiger partial charge in [0, 0.05) is 32.7 Å². The van der Waals surface area contributed by atoms with Crippen molar-refractivity contribution in [2.45, 2.75) is 18.9 Å². The molecule has 1 saturated heterocycles. The molecule has 0 aromatic rings. The smallest absolute Gasteiger partial charge is 0 e. The molecule has 1 aliphatic rings. The number of rotatable bonds is 2. The Hall–Kier alpha value is 1.06. The first-order valence-electron chi connectivity index (χ1n) is 2.79. The van der Waals surface area contributed by atoms with E-state index in [4.69, 9.17) is 0 Å². The Balaban J connectivity index is 0.000000490. The largest absolute Gasteiger partial charge is 0.373 e. The van der Waals surface area contributed by atoms with Crippen LogP contribution in [0.5, 0.6) is 0 Å². The van der Waals surface area contributed by atoms with Gasteiger partial charge in [0.2, 0.25) is 0 Å². The Morgan fingerprint density at radius 3 is 2.50 bits per heavy atom. The van der Waals surface area contributed by atoms with E-state index in [9.17, 15) is 0 Å². The van der Waals surface area contributed by atoms with Crippen molar-refractivity contribution in [3.63, 3.8) is 0 Å². The van der Waals surface area contributed by atoms with Crippen LogP contribution < -0.4 is 5.32 Å². The van der Waals surface area contributed by atoms with Crippen LogP contribution in [-0.2, 0) is 32.7 Å². The number of nitrogens with one attached hydrogen (secondary N) is 1. The fourth-order valence-corrected chi connectivity index (χ4v) is 0.724. The third kappa shape index (κ3) is 2.56. The maximum absolute atomic E-state index is 3.75. The van der Waals surface area contributed by atoms with Crippen molar-refractivity contribution in [1.29, 1.82) is 0 Å². The van der Waals surface area contributed by atoms with Crippen molar-refractivity contribution < 1.29 is 32.7 Å². The zero-order valence-corrected chi connectivity index (χ0v) is 7.90. The molecule has 1 rings (SSSR count). The summed E-state index contributed by atoms with van der Waals surface area (Å²) in [6.07, 6.45) is 4.54. The summed E-state index contributed by atoms with van der Waals surface area (Å²) in [5.41, 5.74) is 0. The molecule has 1 unspecified atom stereocenters. The third-order valence-corrected chi connectivity index (χ3v) is 1.30. The van der Waals surface area contributed by atoms with Gasteiger partial charge in [-0.05, 0) is 0 Å². The van der Waals surface area contributed by atoms with Crippen LogP contribution in [0.3, 0.4) is 0 Å². The minimum atomic E-state index is 0. The average molecular weight is 186 g/mol. The van der Waals surface area contributed by atoms with Gasteiger partial charge in [-0.2, -0.15) is 6.42 Å². The van der Waals surface area contributed by atoms with Gasteiger partial charge in [0.05, 0.1) is 0 Å². The fourth-order valence-electron chi connectivity index (χ4n) is 0.724. The van der Waals surface area contributed by atoms with Gasteiger partial charge < -0.3 is 12.2 Å². The molecule has 0 saturated carbocycles. The van der Waals surface area contributed by atoms with E-state index in [0.29, 0.717) is 6.04 Å². The van der Waals surface area contributed by atoms with Crippen LogP contribution in [0.1, 0.15) is 12.8 Å². The van der Waals surface area contributed by atoms with Crippen LogP contribution in [-0.4, -0.2) is 12.6 Å². The summed E-state index contributed by atoms with van der Waals surface area (Å²) in [4.78, 5) is 0. The molecule has 1 fully saturated rings. The van der Waals surface area contributed by atoms with Crippen LogP contribution in [0.15, 0.2) is 0 Å². The topological polar surface area (TPSA) is 12.0 Å². The molecule has 1 aliphatic heterocycles. The van der Waals surface area contributed by atoms with Crippen molar-refractivity contribution in [2.75, 3.05) is 6.54 Å². The predicted octanol–water partition coefficient (Wildman–Crippen LogP) is 0.774. The van der Waals surface area contributed by atoms with E-state index in [0.717, 1.165) is 13.0 Å². The molecule has 0 bridgehead atoms. The second-order valence-corrected chi connectivity index (χ2v) is 1.89. The Morgan fingerprint density at radius 2 is 2.38 bits per heavy atom. The normalized spacial score (nSPS) is 25.9. The molecular weight excluding hydrogens is 175 g/mol. The van der Waals surface area contributed by atoms with E-state index in [2.05, 4.69) is 18.7 Å². The van der Waals surface area contributed by atoms with Crippen molar-refractivity contribution in [2.24, 2.45) is 0 Å². The molecular formula is C6H11NY-2. The Bertz CT molecular complexity index is 52.5. The van der Waals surface area contributed by atoms with Gasteiger partial charge in [0.25, 0.3) is 0 Å². The van der Waals surface area contributed by atoms with Gasteiger partial charge in [0.1, 0.15) is 0 Å². The zero-order valence-electron chi connectivity index (χ0n) is 5.06. The Kier molecular flexibility index (Phi) is 5.55. The quantitative estimate of drug-likeness (QED) is 0.628. The maximum atomic E-state index is 3.75. The molecule has 1 N–H and O–H groups in total. The summed E-state index contributed by atoms with van der Waals surface area (Å²) in [6.45, 7) is 4.85. The van der Waals surface area contributed by atoms with Gasteiger partial charge in [0.15, 0.2) is 0 Å². The Labute approximate surface area is 76.5 Å². The van der Waals surface area contributed by atoms with Gasteiger partial charge in [-0.1, -0.05) is 6.42 Å². The molecule has 45 valence electrons. The second-order valence-electron chi connectivity index (χ2n) is 1.89. The van der Waals surface area contributed by atoms with E-state index >= 15 is 0 Å². The predicted molar refractivity (Wildman–Crippen MR) is 30.7 cm³/mol. The van der Waals surface area contributed by atoms with E-state index in [1.54, 1.807) is 0 Å². The van der Waals surface area contributed by atoms with Crippen LogP contribution in [0, 0.1) is 13.3 Å². The van der Waals surface area contributed by atoms with Crippen molar-refractivity contribution in [3.05, 3.63) is 13.3 Å². The third-order valence-electron chi connectivity index (χ3n) is 1.30. The summed E-state index contributed by atoms with van der Waals surface area (Å²) in [7, 11) is 0. The molecule has 0 aromatic heterocycles. The van der Waals surface area contributed by atoms with Gasteiger partial charge >= 0.3 is 0 Å². The summed E-state index contributed by atoms with van der Waals surface area (Å²) in [5, 5.41) is 3.25. The first-order chi connectivity index (χ1) is 3.43. The van der Waals surface area contributed by atoms with Crippen LogP contribution in [0.4, 0.5) is 0 Å². The first kappa shape index (κ1) is 9.06.